The van der Waals surface area contributed by atoms with E-state index >= 15 is 0 Å². The first-order chi connectivity index (χ1) is 9.70. The first kappa shape index (κ1) is 15.3. The highest BCUT2D eigenvalue weighted by molar-refractivity contribution is 5.95. The first-order valence-electron chi connectivity index (χ1n) is 6.39. The molecule has 1 saturated heterocycles. The molecule has 0 saturated carbocycles. The number of amides is 2. The first-order valence-corrected chi connectivity index (χ1v) is 6.39. The topological polar surface area (TPSA) is 81.2 Å². The number of rotatable bonds is 2. The normalized spacial score (nSPS) is 17.0. The van der Waals surface area contributed by atoms with Gasteiger partial charge in [-0.1, -0.05) is 0 Å². The minimum absolute atomic E-state index is 0.207. The van der Waals surface area contributed by atoms with Crippen LogP contribution < -0.4 is 5.73 Å². The highest BCUT2D eigenvalue weighted by Crippen LogP contribution is 2.31. The molecule has 1 aliphatic rings. The van der Waals surface area contributed by atoms with Gasteiger partial charge in [-0.05, 0) is 12.8 Å². The van der Waals surface area contributed by atoms with Gasteiger partial charge in [-0.25, -0.2) is 0 Å². The van der Waals surface area contributed by atoms with E-state index in [4.69, 9.17) is 5.73 Å². The van der Waals surface area contributed by atoms with Crippen LogP contribution in [0.15, 0.2) is 6.20 Å². The van der Waals surface area contributed by atoms with Crippen LogP contribution in [0.3, 0.4) is 0 Å². The van der Waals surface area contributed by atoms with E-state index < -0.39 is 29.2 Å². The van der Waals surface area contributed by atoms with Crippen LogP contribution in [0.1, 0.15) is 28.9 Å². The standard InChI is InChI=1S/C12H15F3N4O2/c1-18-6-8(9(17-18)12(13,14)15)11(21)19-4-2-7(3-5-19)10(16)20/h6-7H,2-5H2,1H3,(H2,16,20). The van der Waals surface area contributed by atoms with Gasteiger partial charge < -0.3 is 10.6 Å². The Morgan fingerprint density at radius 3 is 2.38 bits per heavy atom. The van der Waals surface area contributed by atoms with E-state index in [-0.39, 0.29) is 19.0 Å². The minimum Gasteiger partial charge on any atom is -0.369 e. The predicted molar refractivity (Wildman–Crippen MR) is 66.0 cm³/mol. The van der Waals surface area contributed by atoms with Gasteiger partial charge in [0.05, 0.1) is 5.56 Å². The molecule has 0 aromatic carbocycles. The second-order valence-corrected chi connectivity index (χ2v) is 5.03. The van der Waals surface area contributed by atoms with Crippen LogP contribution in [0, 0.1) is 5.92 Å². The molecule has 0 spiro atoms. The van der Waals surface area contributed by atoms with Crippen LogP contribution in [0.5, 0.6) is 0 Å². The summed E-state index contributed by atoms with van der Waals surface area (Å²) in [6.45, 7) is 0.414. The maximum Gasteiger partial charge on any atom is 0.435 e. The lowest BCUT2D eigenvalue weighted by molar-refractivity contribution is -0.141. The largest absolute Gasteiger partial charge is 0.435 e. The second-order valence-electron chi connectivity index (χ2n) is 5.03. The molecule has 2 rings (SSSR count). The van der Waals surface area contributed by atoms with E-state index in [9.17, 15) is 22.8 Å². The quantitative estimate of drug-likeness (QED) is 0.876. The molecule has 6 nitrogen and oxygen atoms in total. The number of hydrogen-bond acceptors (Lipinski definition) is 3. The summed E-state index contributed by atoms with van der Waals surface area (Å²) in [6, 6.07) is 0. The van der Waals surface area contributed by atoms with Gasteiger partial charge in [0, 0.05) is 32.3 Å². The third-order valence-corrected chi connectivity index (χ3v) is 3.51. The maximum absolute atomic E-state index is 12.8. The number of nitrogens with zero attached hydrogens (tertiary/aromatic N) is 3. The predicted octanol–water partition coefficient (Wildman–Crippen LogP) is 0.776. The Morgan fingerprint density at radius 2 is 1.90 bits per heavy atom. The SMILES string of the molecule is Cn1cc(C(=O)N2CCC(C(N)=O)CC2)c(C(F)(F)F)n1. The molecular formula is C12H15F3N4O2. The molecule has 0 radical (unpaired) electrons. The highest BCUT2D eigenvalue weighted by atomic mass is 19.4. The van der Waals surface area contributed by atoms with E-state index in [1.165, 1.54) is 11.9 Å². The molecule has 2 heterocycles. The number of halogens is 3. The van der Waals surface area contributed by atoms with Gasteiger partial charge in [-0.15, -0.1) is 0 Å². The Labute approximate surface area is 118 Å². The number of carbonyl (C=O) groups excluding carboxylic acids is 2. The zero-order chi connectivity index (χ0) is 15.8. The molecule has 0 aliphatic carbocycles. The minimum atomic E-state index is -4.68. The molecule has 1 aliphatic heterocycles. The smallest absolute Gasteiger partial charge is 0.369 e. The zero-order valence-corrected chi connectivity index (χ0v) is 11.4. The molecule has 1 aromatic heterocycles. The summed E-state index contributed by atoms with van der Waals surface area (Å²) in [5, 5.41) is 3.31. The lowest BCUT2D eigenvalue weighted by atomic mass is 9.96. The number of piperidine rings is 1. The highest BCUT2D eigenvalue weighted by Gasteiger charge is 2.40. The van der Waals surface area contributed by atoms with Gasteiger partial charge in [-0.3, -0.25) is 14.3 Å². The van der Waals surface area contributed by atoms with Crippen LogP contribution in [-0.2, 0) is 18.0 Å². The Hall–Kier alpha value is -2.06. The van der Waals surface area contributed by atoms with E-state index in [2.05, 4.69) is 5.10 Å². The van der Waals surface area contributed by atoms with Gasteiger partial charge in [0.2, 0.25) is 5.91 Å². The molecule has 9 heteroatoms. The van der Waals surface area contributed by atoms with Crippen LogP contribution in [-0.4, -0.2) is 39.6 Å². The Morgan fingerprint density at radius 1 is 1.33 bits per heavy atom. The number of likely N-dealkylation sites (tertiary alicyclic amines) is 1. The molecule has 1 fully saturated rings. The van der Waals surface area contributed by atoms with Gasteiger partial charge in [0.25, 0.3) is 5.91 Å². The van der Waals surface area contributed by atoms with Crippen LogP contribution in [0.4, 0.5) is 13.2 Å². The van der Waals surface area contributed by atoms with Gasteiger partial charge in [0.15, 0.2) is 5.69 Å². The van der Waals surface area contributed by atoms with E-state index in [1.54, 1.807) is 0 Å². The molecular weight excluding hydrogens is 289 g/mol. The van der Waals surface area contributed by atoms with E-state index in [0.29, 0.717) is 12.8 Å². The fourth-order valence-corrected chi connectivity index (χ4v) is 2.39. The fourth-order valence-electron chi connectivity index (χ4n) is 2.39. The van der Waals surface area contributed by atoms with Crippen molar-refractivity contribution in [3.63, 3.8) is 0 Å². The van der Waals surface area contributed by atoms with Crippen molar-refractivity contribution in [3.8, 4) is 0 Å². The molecule has 2 N–H and O–H groups in total. The monoisotopic (exact) mass is 304 g/mol. The number of nitrogens with two attached hydrogens (primary N) is 1. The van der Waals surface area contributed by atoms with Crippen LogP contribution >= 0.6 is 0 Å². The Balaban J connectivity index is 2.17. The average Bonchev–Trinajstić information content (AvgIpc) is 2.80. The van der Waals surface area contributed by atoms with Crippen LogP contribution in [0.25, 0.3) is 0 Å². The summed E-state index contributed by atoms with van der Waals surface area (Å²) in [6.07, 6.45) is -2.89. The van der Waals surface area contributed by atoms with Crippen molar-refractivity contribution in [2.45, 2.75) is 19.0 Å². The Bertz CT molecular complexity index is 559. The second kappa shape index (κ2) is 5.38. The third kappa shape index (κ3) is 3.17. The summed E-state index contributed by atoms with van der Waals surface area (Å²) < 4.78 is 39.5. The summed E-state index contributed by atoms with van der Waals surface area (Å²) >= 11 is 0. The van der Waals surface area contributed by atoms with Gasteiger partial charge in [-0.2, -0.15) is 18.3 Å². The number of aryl methyl sites for hydroxylation is 1. The molecule has 0 unspecified atom stereocenters. The summed E-state index contributed by atoms with van der Waals surface area (Å²) in [5.41, 5.74) is 3.52. The molecule has 1 aromatic rings. The number of aromatic nitrogens is 2. The average molecular weight is 304 g/mol. The lowest BCUT2D eigenvalue weighted by Gasteiger charge is -2.30. The van der Waals surface area contributed by atoms with Crippen molar-refractivity contribution in [1.29, 1.82) is 0 Å². The van der Waals surface area contributed by atoms with E-state index in [0.717, 1.165) is 10.9 Å². The number of alkyl halides is 3. The fraction of sp³-hybridized carbons (Fsp3) is 0.583. The van der Waals surface area contributed by atoms with Crippen molar-refractivity contribution in [3.05, 3.63) is 17.5 Å². The molecule has 116 valence electrons. The molecule has 2 amide bonds. The molecule has 0 atom stereocenters. The number of carbonyl (C=O) groups is 2. The third-order valence-electron chi connectivity index (χ3n) is 3.51. The van der Waals surface area contributed by atoms with Crippen molar-refractivity contribution in [1.82, 2.24) is 14.7 Å². The summed E-state index contributed by atoms with van der Waals surface area (Å²) in [7, 11) is 1.32. The summed E-state index contributed by atoms with van der Waals surface area (Å²) in [4.78, 5) is 24.6. The van der Waals surface area contributed by atoms with Crippen molar-refractivity contribution in [2.24, 2.45) is 18.7 Å². The lowest BCUT2D eigenvalue weighted by Crippen LogP contribution is -2.42. The summed E-state index contributed by atoms with van der Waals surface area (Å²) in [5.74, 6) is -1.50. The molecule has 21 heavy (non-hydrogen) atoms. The molecule has 0 bridgehead atoms. The van der Waals surface area contributed by atoms with Gasteiger partial charge in [0.1, 0.15) is 0 Å². The van der Waals surface area contributed by atoms with E-state index in [1.807, 2.05) is 0 Å². The van der Waals surface area contributed by atoms with Crippen LogP contribution in [0.2, 0.25) is 0 Å². The zero-order valence-electron chi connectivity index (χ0n) is 11.4. The number of primary amides is 1. The van der Waals surface area contributed by atoms with Gasteiger partial charge >= 0.3 is 6.18 Å². The Kier molecular flexibility index (Phi) is 3.93. The van der Waals surface area contributed by atoms with Crippen molar-refractivity contribution >= 4 is 11.8 Å². The van der Waals surface area contributed by atoms with Crippen molar-refractivity contribution < 1.29 is 22.8 Å². The van der Waals surface area contributed by atoms with Crippen molar-refractivity contribution in [2.75, 3.05) is 13.1 Å². The maximum atomic E-state index is 12.8. The number of hydrogen-bond donors (Lipinski definition) is 1.